The van der Waals surface area contributed by atoms with Gasteiger partial charge in [-0.15, -0.1) is 0 Å². The van der Waals surface area contributed by atoms with Crippen LogP contribution >= 0.6 is 73.9 Å². The van der Waals surface area contributed by atoms with Gasteiger partial charge in [-0.1, -0.05) is 99.6 Å². The number of rotatable bonds is 5. The van der Waals surface area contributed by atoms with Crippen LogP contribution < -0.4 is 10.9 Å². The maximum atomic E-state index is 13.3. The second-order valence-electron chi connectivity index (χ2n) is 17.7. The van der Waals surface area contributed by atoms with Gasteiger partial charge >= 0.3 is 0 Å². The lowest BCUT2D eigenvalue weighted by molar-refractivity contribution is 0.112. The molecule has 0 bridgehead atoms. The minimum Gasteiger partial charge on any atom is -0.411 e. The number of para-hydroxylation sites is 1. The van der Waals surface area contributed by atoms with Crippen LogP contribution in [-0.2, 0) is 0 Å². The smallest absolute Gasteiger partial charge is 0.263 e. The van der Waals surface area contributed by atoms with Gasteiger partial charge in [0.2, 0.25) is 0 Å². The Hall–Kier alpha value is -10.8. The quantitative estimate of drug-likeness (QED) is 0.0261. The van der Waals surface area contributed by atoms with Crippen LogP contribution in [0, 0.1) is 29.6 Å². The largest absolute Gasteiger partial charge is 0.411 e. The fourth-order valence-corrected chi connectivity index (χ4v) is 10.4. The standard InChI is InChI=1S/C23H16N6O.C7H5ClN4O.C7H3ClN4.C7H4ClN3O.C6H3BrClN3.C6H4ClN3/c1-14-6-5-9-17-18(12-29(23(30)19(14)17)16-7-3-2-4-8-16)28-22-20-15(10-24)11-25-21(20)26-13-27-22;8-6-5-4(2-12-13)1-9-7(5)11-3-10-6;8-6-5-4(1-9)2-10-7(5)12-3-11-6;8-6-5-4(2-12)1-9-7(5)11-3-10-6;7-3-1-9-6-4(3)5(8)10-2-11-6;7-5-4-1-2-8-6(4)10-3-9-5/h2-9,11-13H,1H3,(H2,25,26,27,28);1-3,13H,(H,9,10,11);2-3H,(H,10,11,12);1-3H,(H,9,10,11);1-2H,(H,9,10,11);1-3H,(H,8,9,10)/b;12-2-;;;;. The van der Waals surface area contributed by atoms with Crippen molar-refractivity contribution in [2.45, 2.75) is 6.92 Å². The van der Waals surface area contributed by atoms with E-state index in [1.165, 1.54) is 44.2 Å². The van der Waals surface area contributed by atoms with Crippen molar-refractivity contribution in [3.63, 3.8) is 0 Å². The molecule has 2 aromatic carbocycles. The zero-order valence-corrected chi connectivity index (χ0v) is 49.9. The lowest BCUT2D eigenvalue weighted by atomic mass is 10.1. The van der Waals surface area contributed by atoms with Gasteiger partial charge in [-0.3, -0.25) is 14.2 Å². The van der Waals surface area contributed by atoms with Crippen LogP contribution in [0.2, 0.25) is 25.8 Å². The van der Waals surface area contributed by atoms with Crippen LogP contribution in [0.3, 0.4) is 0 Å². The van der Waals surface area contributed by atoms with E-state index < -0.39 is 0 Å². The molecule has 0 saturated heterocycles. The summed E-state index contributed by atoms with van der Waals surface area (Å²) in [5.74, 6) is 0.499. The van der Waals surface area contributed by atoms with Crippen LogP contribution in [0.4, 0.5) is 11.5 Å². The number of carbonyl (C=O) groups is 1. The van der Waals surface area contributed by atoms with E-state index in [0.717, 1.165) is 43.2 Å². The van der Waals surface area contributed by atoms with Gasteiger partial charge in [-0.25, -0.2) is 59.8 Å². The number of aromatic nitrogens is 19. The number of pyridine rings is 1. The number of hydrogen-bond donors (Lipinski definition) is 8. The van der Waals surface area contributed by atoms with Crippen LogP contribution in [0.5, 0.6) is 0 Å². The fraction of sp³-hybridized carbons (Fsp3) is 0.0179. The third kappa shape index (κ3) is 12.9. The molecule has 0 atom stereocenters. The minimum absolute atomic E-state index is 0.0907. The number of aromatic amines is 6. The molecule has 0 amide bonds. The van der Waals surface area contributed by atoms with Crippen molar-refractivity contribution >= 4 is 175 Å². The number of nitriles is 2. The Kier molecular flexibility index (Phi) is 18.9. The summed E-state index contributed by atoms with van der Waals surface area (Å²) in [7, 11) is 0. The van der Waals surface area contributed by atoms with Crippen molar-refractivity contribution in [3.05, 3.63) is 204 Å². The van der Waals surface area contributed by atoms with Crippen molar-refractivity contribution in [1.29, 1.82) is 10.5 Å². The summed E-state index contributed by atoms with van der Waals surface area (Å²) in [6.45, 7) is 1.92. The molecule has 0 unspecified atom stereocenters. The lowest BCUT2D eigenvalue weighted by Crippen LogP contribution is -2.19. The van der Waals surface area contributed by atoms with Crippen LogP contribution in [-0.4, -0.2) is 112 Å². The van der Waals surface area contributed by atoms with Crippen molar-refractivity contribution < 1.29 is 10.0 Å². The minimum atomic E-state index is -0.0907. The van der Waals surface area contributed by atoms with E-state index in [2.05, 4.69) is 122 Å². The first-order valence-electron chi connectivity index (χ1n) is 25.0. The fourth-order valence-electron chi connectivity index (χ4n) is 8.60. The molecule has 0 fully saturated rings. The molecule has 26 nitrogen and oxygen atoms in total. The normalized spacial score (nSPS) is 10.7. The first-order chi connectivity index (χ1) is 42.8. The zero-order valence-electron chi connectivity index (χ0n) is 44.5. The van der Waals surface area contributed by atoms with Gasteiger partial charge in [0.05, 0.1) is 60.7 Å². The second kappa shape index (κ2) is 27.5. The molecule has 0 spiro atoms. The Bertz CT molecular complexity index is 5200. The van der Waals surface area contributed by atoms with Crippen LogP contribution in [0.15, 0.2) is 150 Å². The number of aldehydes is 1. The Balaban J connectivity index is 0.000000124. The molecular formula is C56H35BrCl5N23O3. The van der Waals surface area contributed by atoms with Crippen LogP contribution in [0.25, 0.3) is 82.7 Å². The molecule has 15 rings (SSSR count). The van der Waals surface area contributed by atoms with E-state index in [0.29, 0.717) is 115 Å². The van der Waals surface area contributed by atoms with Crippen molar-refractivity contribution in [1.82, 2.24) is 94.3 Å². The van der Waals surface area contributed by atoms with Gasteiger partial charge in [0.15, 0.2) is 6.29 Å². The second-order valence-corrected chi connectivity index (χ2v) is 20.3. The number of halogens is 6. The SMILES string of the molecule is Cc1cccc2c(Nc3ncnc4[nH]cc(C#N)c34)cn(-c3ccccc3)c(=O)c12.Clc1ncnc2[nH]cc(Br)c12.Clc1ncnc2[nH]ccc12.N#Cc1c[nH]c2ncnc(Cl)c12.O/N=C\c1c[nH]c2ncnc(Cl)c12.O=Cc1c[nH]c2ncnc(Cl)c12. The molecule has 88 heavy (non-hydrogen) atoms. The molecule has 0 aliphatic carbocycles. The molecule has 15 aromatic rings. The highest BCUT2D eigenvalue weighted by Crippen LogP contribution is 2.32. The predicted molar refractivity (Wildman–Crippen MR) is 338 cm³/mol. The van der Waals surface area contributed by atoms with E-state index in [4.69, 9.17) is 68.5 Å². The number of H-pyrrole nitrogens is 6. The predicted octanol–water partition coefficient (Wildman–Crippen LogP) is 12.5. The number of carbonyl (C=O) groups excluding carboxylic acids is 1. The van der Waals surface area contributed by atoms with Gasteiger partial charge < -0.3 is 40.4 Å². The number of benzene rings is 2. The Morgan fingerprint density at radius 2 is 1.05 bits per heavy atom. The number of nitrogens with one attached hydrogen (secondary N) is 7. The molecular weight excluding hydrogens is 1300 g/mol. The highest BCUT2D eigenvalue weighted by molar-refractivity contribution is 9.10. The summed E-state index contributed by atoms with van der Waals surface area (Å²) in [6, 6.07) is 21.2. The van der Waals surface area contributed by atoms with E-state index in [-0.39, 0.29) is 5.56 Å². The number of aryl methyl sites for hydroxylation is 1. The van der Waals surface area contributed by atoms with Gasteiger partial charge in [0.25, 0.3) is 5.56 Å². The van der Waals surface area contributed by atoms with Gasteiger partial charge in [0, 0.05) is 70.1 Å². The maximum Gasteiger partial charge on any atom is 0.263 e. The highest BCUT2D eigenvalue weighted by atomic mass is 79.9. The van der Waals surface area contributed by atoms with E-state index in [1.54, 1.807) is 47.9 Å². The average Bonchev–Trinajstić information content (AvgIpc) is 4.03. The van der Waals surface area contributed by atoms with Gasteiger partial charge in [-0.05, 0) is 46.6 Å². The van der Waals surface area contributed by atoms with Crippen molar-refractivity contribution in [2.24, 2.45) is 5.16 Å². The lowest BCUT2D eigenvalue weighted by Gasteiger charge is -2.15. The number of fused-ring (bicyclic) bond motifs is 7. The molecule has 13 heterocycles. The molecule has 0 aliphatic heterocycles. The third-order valence-electron chi connectivity index (χ3n) is 12.6. The van der Waals surface area contributed by atoms with E-state index in [1.807, 2.05) is 67.6 Å². The zero-order chi connectivity index (χ0) is 61.8. The maximum absolute atomic E-state index is 13.3. The number of hydrogen-bond acceptors (Lipinski definition) is 19. The van der Waals surface area contributed by atoms with E-state index in [9.17, 15) is 14.9 Å². The summed E-state index contributed by atoms with van der Waals surface area (Å²) in [4.78, 5) is 88.4. The first kappa shape index (κ1) is 60.3. The number of nitrogens with zero attached hydrogens (tertiary/aromatic N) is 16. The van der Waals surface area contributed by atoms with Crippen molar-refractivity contribution in [2.75, 3.05) is 5.32 Å². The Morgan fingerprint density at radius 1 is 0.545 bits per heavy atom. The molecule has 0 aliphatic rings. The average molecular weight is 1340 g/mol. The van der Waals surface area contributed by atoms with E-state index >= 15 is 0 Å². The molecule has 434 valence electrons. The summed E-state index contributed by atoms with van der Waals surface area (Å²) in [5, 5.41) is 40.1. The molecule has 0 saturated carbocycles. The third-order valence-corrected chi connectivity index (χ3v) is 14.7. The highest BCUT2D eigenvalue weighted by Gasteiger charge is 2.17. The molecule has 32 heteroatoms. The molecule has 8 N–H and O–H groups in total. The Labute approximate surface area is 525 Å². The first-order valence-corrected chi connectivity index (χ1v) is 27.7. The number of anilines is 2. The van der Waals surface area contributed by atoms with Crippen LogP contribution in [0.1, 0.15) is 32.6 Å². The number of oxime groups is 1. The van der Waals surface area contributed by atoms with Crippen molar-refractivity contribution in [3.8, 4) is 17.8 Å². The summed E-state index contributed by atoms with van der Waals surface area (Å²) < 4.78 is 2.51. The Morgan fingerprint density at radius 3 is 1.64 bits per heavy atom. The van der Waals surface area contributed by atoms with Gasteiger partial charge in [-0.2, -0.15) is 10.5 Å². The summed E-state index contributed by atoms with van der Waals surface area (Å²) in [5.41, 5.74) is 8.21. The monoisotopic (exact) mass is 1330 g/mol. The topological polar surface area (TPSA) is 381 Å². The summed E-state index contributed by atoms with van der Waals surface area (Å²) in [6.07, 6.45) is 22.0. The molecule has 0 radical (unpaired) electrons. The summed E-state index contributed by atoms with van der Waals surface area (Å²) >= 11 is 32.2. The molecule has 13 aromatic heterocycles. The van der Waals surface area contributed by atoms with Gasteiger partial charge in [0.1, 0.15) is 116 Å².